The smallest absolute Gasteiger partial charge is 0.412 e. The molecule has 5 nitrogen and oxygen atoms in total. The van der Waals surface area contributed by atoms with Crippen LogP contribution < -0.4 is 5.32 Å². The monoisotopic (exact) mass is 457 g/mol. The maximum absolute atomic E-state index is 13.6. The number of halogens is 7. The number of thiol groups is 1. The SMILES string of the molecule is C=C(C)C(=O)OC(OCCCCC(F)(F)C(F)(F)S)(C(=O)NC(C)C)C(F)(F)F. The van der Waals surface area contributed by atoms with Crippen molar-refractivity contribution in [3.63, 3.8) is 0 Å². The number of alkyl halides is 7. The third-order valence-corrected chi connectivity index (χ3v) is 3.63. The quantitative estimate of drug-likeness (QED) is 0.122. The number of esters is 1. The van der Waals surface area contributed by atoms with Crippen LogP contribution in [0.4, 0.5) is 30.7 Å². The second-order valence-electron chi connectivity index (χ2n) is 6.46. The Balaban J connectivity index is 5.42. The Morgan fingerprint density at radius 3 is 1.97 bits per heavy atom. The van der Waals surface area contributed by atoms with Gasteiger partial charge in [0, 0.05) is 18.0 Å². The molecule has 13 heteroatoms. The third kappa shape index (κ3) is 7.68. The van der Waals surface area contributed by atoms with E-state index in [0.29, 0.717) is 0 Å². The molecule has 0 heterocycles. The first-order chi connectivity index (χ1) is 12.9. The number of hydrogen-bond donors (Lipinski definition) is 2. The first kappa shape index (κ1) is 27.5. The van der Waals surface area contributed by atoms with Crippen LogP contribution >= 0.6 is 12.6 Å². The van der Waals surface area contributed by atoms with Crippen LogP contribution in [-0.2, 0) is 19.1 Å². The largest absolute Gasteiger partial charge is 0.466 e. The molecule has 0 bridgehead atoms. The number of ether oxygens (including phenoxy) is 2. The van der Waals surface area contributed by atoms with Crippen LogP contribution in [0.1, 0.15) is 40.0 Å². The predicted octanol–water partition coefficient (Wildman–Crippen LogP) is 4.23. The molecule has 0 aliphatic rings. The van der Waals surface area contributed by atoms with Crippen molar-refractivity contribution in [1.29, 1.82) is 0 Å². The van der Waals surface area contributed by atoms with Gasteiger partial charge in [-0.3, -0.25) is 4.79 Å². The van der Waals surface area contributed by atoms with Gasteiger partial charge in [-0.1, -0.05) is 19.2 Å². The van der Waals surface area contributed by atoms with Crippen molar-refractivity contribution in [2.45, 2.75) is 69.2 Å². The summed E-state index contributed by atoms with van der Waals surface area (Å²) in [5.41, 5.74) is -0.463. The zero-order valence-electron chi connectivity index (χ0n) is 15.8. The summed E-state index contributed by atoms with van der Waals surface area (Å²) in [6.07, 6.45) is -8.19. The third-order valence-electron chi connectivity index (χ3n) is 3.31. The van der Waals surface area contributed by atoms with Crippen molar-refractivity contribution >= 4 is 24.5 Å². The second kappa shape index (κ2) is 10.0. The van der Waals surface area contributed by atoms with Crippen LogP contribution in [0.3, 0.4) is 0 Å². The highest BCUT2D eigenvalue weighted by molar-refractivity contribution is 7.81. The lowest BCUT2D eigenvalue weighted by molar-refractivity contribution is -0.347. The molecule has 29 heavy (non-hydrogen) atoms. The van der Waals surface area contributed by atoms with Gasteiger partial charge in [-0.2, -0.15) is 30.7 Å². The fourth-order valence-electron chi connectivity index (χ4n) is 1.80. The summed E-state index contributed by atoms with van der Waals surface area (Å²) in [5.74, 6) is -12.0. The second-order valence-corrected chi connectivity index (χ2v) is 7.03. The molecule has 1 unspecified atom stereocenters. The Morgan fingerprint density at radius 2 is 1.59 bits per heavy atom. The van der Waals surface area contributed by atoms with E-state index in [1.54, 1.807) is 0 Å². The van der Waals surface area contributed by atoms with E-state index in [4.69, 9.17) is 0 Å². The van der Waals surface area contributed by atoms with Crippen molar-refractivity contribution in [1.82, 2.24) is 5.32 Å². The maximum atomic E-state index is 13.6. The van der Waals surface area contributed by atoms with Gasteiger partial charge in [0.05, 0.1) is 6.61 Å². The molecule has 170 valence electrons. The lowest BCUT2D eigenvalue weighted by atomic mass is 10.1. The van der Waals surface area contributed by atoms with Crippen molar-refractivity contribution in [3.8, 4) is 0 Å². The van der Waals surface area contributed by atoms with E-state index >= 15 is 0 Å². The summed E-state index contributed by atoms with van der Waals surface area (Å²) in [4.78, 5) is 23.8. The number of amides is 1. The fourth-order valence-corrected chi connectivity index (χ4v) is 1.91. The first-order valence-corrected chi connectivity index (χ1v) is 8.70. The molecule has 0 spiro atoms. The summed E-state index contributed by atoms with van der Waals surface area (Å²) < 4.78 is 101. The molecule has 0 radical (unpaired) electrons. The summed E-state index contributed by atoms with van der Waals surface area (Å²) in [6.45, 7) is 5.81. The van der Waals surface area contributed by atoms with Gasteiger partial charge in [0.2, 0.25) is 0 Å². The topological polar surface area (TPSA) is 64.6 Å². The summed E-state index contributed by atoms with van der Waals surface area (Å²) in [5, 5.41) is -2.71. The average Bonchev–Trinajstić information content (AvgIpc) is 2.49. The van der Waals surface area contributed by atoms with Crippen molar-refractivity contribution in [3.05, 3.63) is 12.2 Å². The number of carbonyl (C=O) groups is 2. The molecule has 0 aromatic heterocycles. The molecule has 0 saturated heterocycles. The van der Waals surface area contributed by atoms with Gasteiger partial charge in [-0.05, 0) is 33.6 Å². The van der Waals surface area contributed by atoms with Crippen molar-refractivity contribution in [2.75, 3.05) is 6.61 Å². The van der Waals surface area contributed by atoms with E-state index in [-0.39, 0.29) is 0 Å². The Hall–Kier alpha value is -1.50. The van der Waals surface area contributed by atoms with Crippen molar-refractivity contribution < 1.29 is 49.8 Å². The van der Waals surface area contributed by atoms with Gasteiger partial charge < -0.3 is 14.8 Å². The Kier molecular flexibility index (Phi) is 9.49. The van der Waals surface area contributed by atoms with Crippen LogP contribution in [0.2, 0.25) is 0 Å². The normalized spacial score (nSPS) is 15.0. The highest BCUT2D eigenvalue weighted by Gasteiger charge is 2.66. The van der Waals surface area contributed by atoms with Gasteiger partial charge in [0.25, 0.3) is 0 Å². The lowest BCUT2D eigenvalue weighted by Crippen LogP contribution is -2.62. The molecule has 0 fully saturated rings. The summed E-state index contributed by atoms with van der Waals surface area (Å²) >= 11 is 2.48. The summed E-state index contributed by atoms with van der Waals surface area (Å²) in [7, 11) is 0. The molecule has 0 aromatic rings. The van der Waals surface area contributed by atoms with E-state index in [0.717, 1.165) is 6.92 Å². The Morgan fingerprint density at radius 1 is 1.07 bits per heavy atom. The molecular weight excluding hydrogens is 435 g/mol. The molecule has 0 aromatic carbocycles. The first-order valence-electron chi connectivity index (χ1n) is 8.26. The minimum atomic E-state index is -5.54. The van der Waals surface area contributed by atoms with E-state index in [2.05, 4.69) is 28.7 Å². The Labute approximate surface area is 168 Å². The molecule has 0 aliphatic carbocycles. The Bertz CT molecular complexity index is 605. The van der Waals surface area contributed by atoms with E-state index in [9.17, 15) is 40.3 Å². The number of hydrogen-bond acceptors (Lipinski definition) is 5. The molecule has 0 saturated carbocycles. The van der Waals surface area contributed by atoms with Gasteiger partial charge in [0.15, 0.2) is 0 Å². The van der Waals surface area contributed by atoms with Crippen LogP contribution in [-0.4, -0.2) is 47.7 Å². The average molecular weight is 457 g/mol. The van der Waals surface area contributed by atoms with Crippen LogP contribution in [0.25, 0.3) is 0 Å². The maximum Gasteiger partial charge on any atom is 0.466 e. The standard InChI is InChI=1S/C16H22F7NO4S/c1-9(2)11(25)28-14(15(19,20)21,12(26)24-10(3)4)27-8-6-5-7-13(17,18)16(22,23)29/h10,29H,1,5-8H2,2-4H3,(H,24,26). The van der Waals surface area contributed by atoms with E-state index in [1.807, 2.05) is 5.32 Å². The van der Waals surface area contributed by atoms with Crippen molar-refractivity contribution in [2.24, 2.45) is 0 Å². The highest BCUT2D eigenvalue weighted by atomic mass is 32.1. The zero-order valence-corrected chi connectivity index (χ0v) is 16.7. The van der Waals surface area contributed by atoms with Gasteiger partial charge in [-0.15, -0.1) is 0 Å². The molecule has 0 aliphatic heterocycles. The van der Waals surface area contributed by atoms with Gasteiger partial charge >= 0.3 is 35.0 Å². The molecule has 1 amide bonds. The van der Waals surface area contributed by atoms with Crippen LogP contribution in [0.5, 0.6) is 0 Å². The van der Waals surface area contributed by atoms with Crippen LogP contribution in [0.15, 0.2) is 12.2 Å². The highest BCUT2D eigenvalue weighted by Crippen LogP contribution is 2.41. The van der Waals surface area contributed by atoms with Gasteiger partial charge in [-0.25, -0.2) is 4.79 Å². The lowest BCUT2D eigenvalue weighted by Gasteiger charge is -2.33. The van der Waals surface area contributed by atoms with Gasteiger partial charge in [0.1, 0.15) is 0 Å². The molecule has 0 rings (SSSR count). The number of unbranched alkanes of at least 4 members (excludes halogenated alkanes) is 1. The minimum Gasteiger partial charge on any atom is -0.412 e. The summed E-state index contributed by atoms with van der Waals surface area (Å²) in [6, 6.07) is -0.798. The number of carbonyl (C=O) groups excluding carboxylic acids is 2. The minimum absolute atomic E-state index is 0.463. The molecule has 1 N–H and O–H groups in total. The molecule has 1 atom stereocenters. The van der Waals surface area contributed by atoms with E-state index < -0.39 is 72.5 Å². The predicted molar refractivity (Wildman–Crippen MR) is 91.7 cm³/mol. The number of rotatable bonds is 11. The van der Waals surface area contributed by atoms with Crippen LogP contribution in [0, 0.1) is 0 Å². The fraction of sp³-hybridized carbons (Fsp3) is 0.750. The zero-order chi connectivity index (χ0) is 23.3. The number of nitrogens with one attached hydrogen (secondary N) is 1. The molecular formula is C16H22F7NO4S. The van der Waals surface area contributed by atoms with E-state index in [1.165, 1.54) is 13.8 Å².